The number of ether oxygens (including phenoxy) is 1. The largest absolute Gasteiger partial charge is 0.495 e. The van der Waals surface area contributed by atoms with Crippen molar-refractivity contribution in [1.29, 1.82) is 0 Å². The molecule has 39 heavy (non-hydrogen) atoms. The first-order chi connectivity index (χ1) is 18.5. The van der Waals surface area contributed by atoms with Crippen molar-refractivity contribution >= 4 is 42.8 Å². The van der Waals surface area contributed by atoms with Crippen LogP contribution in [0.15, 0.2) is 41.3 Å². The van der Waals surface area contributed by atoms with Gasteiger partial charge >= 0.3 is 6.18 Å². The highest BCUT2D eigenvalue weighted by Crippen LogP contribution is 2.39. The molecule has 1 fully saturated rings. The first-order valence-electron chi connectivity index (χ1n) is 12.5. The fourth-order valence-electron chi connectivity index (χ4n) is 4.63. The quantitative estimate of drug-likeness (QED) is 0.324. The van der Waals surface area contributed by atoms with Crippen LogP contribution in [0.25, 0.3) is 10.1 Å². The van der Waals surface area contributed by atoms with Gasteiger partial charge in [-0.2, -0.15) is 13.2 Å². The number of fused-ring (bicyclic) bond motifs is 1. The van der Waals surface area contributed by atoms with Crippen molar-refractivity contribution in [2.45, 2.75) is 43.3 Å². The highest BCUT2D eigenvalue weighted by Gasteiger charge is 2.31. The number of hydrogen-bond acceptors (Lipinski definition) is 7. The van der Waals surface area contributed by atoms with E-state index >= 15 is 0 Å². The Kier molecular flexibility index (Phi) is 8.96. The number of hydrogen-bond donors (Lipinski definition) is 3. The number of anilines is 2. The van der Waals surface area contributed by atoms with Gasteiger partial charge < -0.3 is 20.3 Å². The summed E-state index contributed by atoms with van der Waals surface area (Å²) in [6, 6.07) is 9.81. The fraction of sp³-hybridized carbons (Fsp3) is 0.407. The summed E-state index contributed by atoms with van der Waals surface area (Å²) in [5, 5.41) is 12.3. The van der Waals surface area contributed by atoms with Crippen LogP contribution in [0.2, 0.25) is 0 Å². The molecule has 0 amide bonds. The van der Waals surface area contributed by atoms with Crippen LogP contribution in [0.1, 0.15) is 30.2 Å². The van der Waals surface area contributed by atoms with Crippen LogP contribution in [0.5, 0.6) is 5.75 Å². The molecule has 7 nitrogen and oxygen atoms in total. The Hall–Kier alpha value is -2.98. The van der Waals surface area contributed by atoms with Crippen molar-refractivity contribution in [3.63, 3.8) is 0 Å². The number of methoxy groups -OCH3 is 1. The Morgan fingerprint density at radius 2 is 1.92 bits per heavy atom. The van der Waals surface area contributed by atoms with Crippen molar-refractivity contribution < 1.29 is 26.3 Å². The summed E-state index contributed by atoms with van der Waals surface area (Å²) in [6.45, 7) is 5.24. The van der Waals surface area contributed by atoms with Gasteiger partial charge in [0.25, 0.3) is 0 Å². The first kappa shape index (κ1) is 29.0. The number of halogens is 3. The maximum atomic E-state index is 13.5. The fourth-order valence-corrected chi connectivity index (χ4v) is 6.33. The second kappa shape index (κ2) is 12.0. The van der Waals surface area contributed by atoms with Crippen molar-refractivity contribution in [2.75, 3.05) is 43.9 Å². The summed E-state index contributed by atoms with van der Waals surface area (Å²) in [7, 11) is -2.51. The molecule has 1 aliphatic rings. The molecule has 12 heteroatoms. The normalized spacial score (nSPS) is 15.1. The maximum Gasteiger partial charge on any atom is 0.393 e. The lowest BCUT2D eigenvalue weighted by molar-refractivity contribution is -0.126. The topological polar surface area (TPSA) is 96.7 Å². The van der Waals surface area contributed by atoms with Crippen LogP contribution in [0.3, 0.4) is 0 Å². The number of primary sulfonamides is 1. The molecular weight excluding hydrogens is 549 g/mol. The van der Waals surface area contributed by atoms with E-state index < -0.39 is 22.6 Å². The lowest BCUT2D eigenvalue weighted by atomic mass is 10.0. The van der Waals surface area contributed by atoms with E-state index in [1.165, 1.54) is 36.6 Å². The van der Waals surface area contributed by atoms with Gasteiger partial charge in [0.05, 0.1) is 45.9 Å². The Bertz CT molecular complexity index is 1490. The van der Waals surface area contributed by atoms with E-state index in [2.05, 4.69) is 34.3 Å². The number of rotatable bonds is 8. The Morgan fingerprint density at radius 1 is 1.18 bits per heavy atom. The standard InChI is InChI=1S/C27H31F3N4O3S2/c1-3-34-14-11-18(12-15-34)33-23-7-4-6-20-21(17-27(28,29)30)25(38-26(20)23)8-5-13-32-22-10-9-19(39(31,35)36)16-24(22)37-2/h4,6-7,9-10,16,18,32-33H,3,11-15,17H2,1-2H3,(H2,31,35,36). The molecule has 4 rings (SSSR count). The highest BCUT2D eigenvalue weighted by atomic mass is 32.2. The monoisotopic (exact) mass is 580 g/mol. The van der Waals surface area contributed by atoms with Crippen LogP contribution in [0.4, 0.5) is 24.5 Å². The van der Waals surface area contributed by atoms with Gasteiger partial charge in [0.15, 0.2) is 0 Å². The van der Waals surface area contributed by atoms with Gasteiger partial charge in [0.2, 0.25) is 10.0 Å². The SMILES string of the molecule is CCN1CCC(Nc2cccc3c(CC(F)(F)F)c(C#CCNc4ccc(S(N)(=O)=O)cc4OC)sc23)CC1. The van der Waals surface area contributed by atoms with E-state index in [1.54, 1.807) is 12.1 Å². The minimum Gasteiger partial charge on any atom is -0.495 e. The molecule has 1 saturated heterocycles. The molecule has 0 saturated carbocycles. The predicted octanol–water partition coefficient (Wildman–Crippen LogP) is 5.02. The summed E-state index contributed by atoms with van der Waals surface area (Å²) >= 11 is 1.26. The molecule has 3 aromatic rings. The van der Waals surface area contributed by atoms with Crippen LogP contribution in [-0.2, 0) is 16.4 Å². The summed E-state index contributed by atoms with van der Waals surface area (Å²) in [4.78, 5) is 2.66. The minimum atomic E-state index is -4.38. The molecule has 0 bridgehead atoms. The maximum absolute atomic E-state index is 13.5. The molecule has 1 aromatic heterocycles. The zero-order valence-corrected chi connectivity index (χ0v) is 23.3. The van der Waals surface area contributed by atoms with Crippen LogP contribution in [-0.4, -0.2) is 58.8 Å². The smallest absolute Gasteiger partial charge is 0.393 e. The predicted molar refractivity (Wildman–Crippen MR) is 150 cm³/mol. The van der Waals surface area contributed by atoms with Crippen LogP contribution >= 0.6 is 11.3 Å². The molecule has 0 aliphatic carbocycles. The zero-order chi connectivity index (χ0) is 28.2. The van der Waals surface area contributed by atoms with E-state index in [0.717, 1.165) is 42.9 Å². The number of likely N-dealkylation sites (tertiary alicyclic amines) is 1. The van der Waals surface area contributed by atoms with Gasteiger partial charge in [0, 0.05) is 25.2 Å². The van der Waals surface area contributed by atoms with Crippen LogP contribution in [0, 0.1) is 11.8 Å². The first-order valence-corrected chi connectivity index (χ1v) is 14.9. The molecule has 2 heterocycles. The lowest BCUT2D eigenvalue weighted by Gasteiger charge is -2.32. The molecule has 0 unspecified atom stereocenters. The average molecular weight is 581 g/mol. The summed E-state index contributed by atoms with van der Waals surface area (Å²) in [5.41, 5.74) is 1.49. The number of thiophene rings is 1. The molecular formula is C27H31F3N4O3S2. The van der Waals surface area contributed by atoms with Gasteiger partial charge in [-0.1, -0.05) is 30.9 Å². The minimum absolute atomic E-state index is 0.0987. The van der Waals surface area contributed by atoms with E-state index in [-0.39, 0.29) is 28.8 Å². The third kappa shape index (κ3) is 7.36. The molecule has 2 aromatic carbocycles. The van der Waals surface area contributed by atoms with Gasteiger partial charge in [-0.05, 0) is 48.5 Å². The number of alkyl halides is 3. The molecule has 0 radical (unpaired) electrons. The second-order valence-corrected chi connectivity index (χ2v) is 11.9. The third-order valence-electron chi connectivity index (χ3n) is 6.66. The van der Waals surface area contributed by atoms with E-state index in [9.17, 15) is 21.6 Å². The molecule has 4 N–H and O–H groups in total. The van der Waals surface area contributed by atoms with Crippen LogP contribution < -0.4 is 20.5 Å². The average Bonchev–Trinajstić information content (AvgIpc) is 3.23. The molecule has 210 valence electrons. The van der Waals surface area contributed by atoms with Crippen molar-refractivity contribution in [2.24, 2.45) is 5.14 Å². The molecule has 0 spiro atoms. The van der Waals surface area contributed by atoms with Gasteiger partial charge in [0.1, 0.15) is 5.75 Å². The second-order valence-electron chi connectivity index (χ2n) is 9.30. The van der Waals surface area contributed by atoms with Crippen molar-refractivity contribution in [1.82, 2.24) is 4.90 Å². The van der Waals surface area contributed by atoms with E-state index in [4.69, 9.17) is 9.88 Å². The number of nitrogens with two attached hydrogens (primary N) is 1. The summed E-state index contributed by atoms with van der Waals surface area (Å²) in [6.07, 6.45) is -3.49. The van der Waals surface area contributed by atoms with Gasteiger partial charge in [-0.15, -0.1) is 11.3 Å². The molecule has 0 atom stereocenters. The Labute approximate surface area is 230 Å². The number of nitrogens with one attached hydrogen (secondary N) is 2. The summed E-state index contributed by atoms with van der Waals surface area (Å²) in [5.74, 6) is 6.08. The number of piperidine rings is 1. The van der Waals surface area contributed by atoms with Gasteiger partial charge in [-0.3, -0.25) is 0 Å². The Morgan fingerprint density at radius 3 is 2.56 bits per heavy atom. The van der Waals surface area contributed by atoms with E-state index in [0.29, 0.717) is 16.0 Å². The summed E-state index contributed by atoms with van der Waals surface area (Å²) < 4.78 is 69.8. The zero-order valence-electron chi connectivity index (χ0n) is 21.7. The third-order valence-corrected chi connectivity index (χ3v) is 8.77. The number of nitrogens with zero attached hydrogens (tertiary/aromatic N) is 1. The van der Waals surface area contributed by atoms with Crippen molar-refractivity contribution in [3.8, 4) is 17.6 Å². The van der Waals surface area contributed by atoms with E-state index in [1.807, 2.05) is 6.07 Å². The molecule has 1 aliphatic heterocycles. The number of sulfonamides is 1. The lowest BCUT2D eigenvalue weighted by Crippen LogP contribution is -2.38. The van der Waals surface area contributed by atoms with Gasteiger partial charge in [-0.25, -0.2) is 13.6 Å². The number of benzene rings is 2. The highest BCUT2D eigenvalue weighted by molar-refractivity contribution is 7.89. The Balaban J connectivity index is 1.58. The van der Waals surface area contributed by atoms with Crippen molar-refractivity contribution in [3.05, 3.63) is 46.8 Å².